The third-order valence-corrected chi connectivity index (χ3v) is 7.84. The highest BCUT2D eigenvalue weighted by atomic mass is 19.1. The lowest BCUT2D eigenvalue weighted by molar-refractivity contribution is 0.225. The molecular weight excluding hydrogens is 389 g/mol. The van der Waals surface area contributed by atoms with Crippen LogP contribution in [0.1, 0.15) is 68.7 Å². The number of hydrogen-bond donors (Lipinski definition) is 2. The van der Waals surface area contributed by atoms with Gasteiger partial charge in [0.15, 0.2) is 11.5 Å². The number of pyridine rings is 1. The molecule has 0 amide bonds. The van der Waals surface area contributed by atoms with E-state index < -0.39 is 0 Å². The predicted octanol–water partition coefficient (Wildman–Crippen LogP) is 4.80. The Morgan fingerprint density at radius 2 is 1.84 bits per heavy atom. The molecule has 2 saturated carbocycles. The minimum Gasteiger partial charge on any atom is -0.257 e. The van der Waals surface area contributed by atoms with E-state index >= 15 is 0 Å². The molecule has 162 valence electrons. The molecule has 3 heterocycles. The van der Waals surface area contributed by atoms with Crippen molar-refractivity contribution in [2.45, 2.75) is 63.3 Å². The second-order valence-corrected chi connectivity index (χ2v) is 9.83. The van der Waals surface area contributed by atoms with Crippen LogP contribution in [0.3, 0.4) is 0 Å². The second kappa shape index (κ2) is 7.68. The topological polar surface area (TPSA) is 54.2 Å². The zero-order valence-electron chi connectivity index (χ0n) is 18.0. The van der Waals surface area contributed by atoms with Crippen molar-refractivity contribution in [2.24, 2.45) is 11.8 Å². The summed E-state index contributed by atoms with van der Waals surface area (Å²) < 4.78 is 15.6. The SMILES string of the molecule is CC1CC(c2c(-c3ccc(F)cc3)ccn3nc(C4CCCC4)nc23)CC2CNNC12. The van der Waals surface area contributed by atoms with Gasteiger partial charge in [-0.15, -0.1) is 0 Å². The van der Waals surface area contributed by atoms with E-state index in [2.05, 4.69) is 23.8 Å². The standard InChI is InChI=1S/C25H30FN5/c1-15-12-18(13-19-14-27-29-23(15)19)22-21(16-6-8-20(26)9-7-16)10-11-31-25(22)28-24(30-31)17-4-2-3-5-17/h6-11,15,17-19,23,27,29H,2-5,12-14H2,1H3. The number of hydrogen-bond acceptors (Lipinski definition) is 4. The molecule has 6 rings (SSSR count). The van der Waals surface area contributed by atoms with E-state index in [1.54, 1.807) is 12.1 Å². The normalized spacial score (nSPS) is 29.0. The Morgan fingerprint density at radius 1 is 1.03 bits per heavy atom. The quantitative estimate of drug-likeness (QED) is 0.640. The van der Waals surface area contributed by atoms with Crippen LogP contribution in [0.2, 0.25) is 0 Å². The molecule has 0 bridgehead atoms. The molecule has 2 aliphatic carbocycles. The Balaban J connectivity index is 1.49. The maximum atomic E-state index is 13.6. The van der Waals surface area contributed by atoms with E-state index in [1.165, 1.54) is 36.8 Å². The van der Waals surface area contributed by atoms with Gasteiger partial charge in [-0.2, -0.15) is 5.10 Å². The zero-order valence-corrected chi connectivity index (χ0v) is 18.0. The molecular formula is C25H30FN5. The summed E-state index contributed by atoms with van der Waals surface area (Å²) in [6.45, 7) is 3.37. The maximum Gasteiger partial charge on any atom is 0.159 e. The van der Waals surface area contributed by atoms with Crippen molar-refractivity contribution in [3.63, 3.8) is 0 Å². The number of benzene rings is 1. The molecule has 1 aromatic carbocycles. The lowest BCUT2D eigenvalue weighted by atomic mass is 9.70. The summed E-state index contributed by atoms with van der Waals surface area (Å²) in [6, 6.07) is 9.60. The molecule has 4 unspecified atom stereocenters. The second-order valence-electron chi connectivity index (χ2n) is 9.83. The predicted molar refractivity (Wildman–Crippen MR) is 119 cm³/mol. The van der Waals surface area contributed by atoms with Crippen molar-refractivity contribution < 1.29 is 4.39 Å². The Kier molecular flexibility index (Phi) is 4.80. The fourth-order valence-corrected chi connectivity index (χ4v) is 6.31. The highest BCUT2D eigenvalue weighted by molar-refractivity contribution is 5.74. The van der Waals surface area contributed by atoms with E-state index in [4.69, 9.17) is 10.1 Å². The first-order valence-electron chi connectivity index (χ1n) is 11.8. The monoisotopic (exact) mass is 419 g/mol. The molecule has 3 fully saturated rings. The van der Waals surface area contributed by atoms with Gasteiger partial charge in [-0.05, 0) is 72.8 Å². The summed E-state index contributed by atoms with van der Waals surface area (Å²) in [5, 5.41) is 4.91. The minimum atomic E-state index is -0.199. The molecule has 5 nitrogen and oxygen atoms in total. The Labute approximate surface area is 182 Å². The van der Waals surface area contributed by atoms with Crippen molar-refractivity contribution >= 4 is 5.65 Å². The Hall–Kier alpha value is -2.31. The Morgan fingerprint density at radius 3 is 2.65 bits per heavy atom. The van der Waals surface area contributed by atoms with Gasteiger partial charge in [-0.1, -0.05) is 31.9 Å². The van der Waals surface area contributed by atoms with Gasteiger partial charge in [-0.3, -0.25) is 10.9 Å². The minimum absolute atomic E-state index is 0.199. The van der Waals surface area contributed by atoms with Crippen LogP contribution in [-0.4, -0.2) is 27.2 Å². The molecule has 3 aliphatic rings. The lowest BCUT2D eigenvalue weighted by Gasteiger charge is -2.37. The van der Waals surface area contributed by atoms with Gasteiger partial charge in [-0.25, -0.2) is 13.9 Å². The number of hydrazine groups is 1. The van der Waals surface area contributed by atoms with Crippen molar-refractivity contribution in [3.05, 3.63) is 53.7 Å². The van der Waals surface area contributed by atoms with E-state index in [-0.39, 0.29) is 5.82 Å². The van der Waals surface area contributed by atoms with Gasteiger partial charge >= 0.3 is 0 Å². The molecule has 0 spiro atoms. The first-order valence-corrected chi connectivity index (χ1v) is 11.8. The van der Waals surface area contributed by atoms with Crippen molar-refractivity contribution in [3.8, 4) is 11.1 Å². The third-order valence-electron chi connectivity index (χ3n) is 7.84. The van der Waals surface area contributed by atoms with Crippen LogP contribution in [0.25, 0.3) is 16.8 Å². The molecule has 4 atom stereocenters. The molecule has 6 heteroatoms. The number of fused-ring (bicyclic) bond motifs is 2. The number of aromatic nitrogens is 3. The number of nitrogens with one attached hydrogen (secondary N) is 2. The van der Waals surface area contributed by atoms with Gasteiger partial charge in [0.05, 0.1) is 0 Å². The average molecular weight is 420 g/mol. The van der Waals surface area contributed by atoms with Crippen LogP contribution in [-0.2, 0) is 0 Å². The van der Waals surface area contributed by atoms with Crippen molar-refractivity contribution in [1.29, 1.82) is 0 Å². The van der Waals surface area contributed by atoms with Crippen LogP contribution >= 0.6 is 0 Å². The largest absolute Gasteiger partial charge is 0.257 e. The summed E-state index contributed by atoms with van der Waals surface area (Å²) in [4.78, 5) is 5.13. The summed E-state index contributed by atoms with van der Waals surface area (Å²) >= 11 is 0. The fraction of sp³-hybridized carbons (Fsp3) is 0.520. The van der Waals surface area contributed by atoms with E-state index in [0.717, 1.165) is 36.4 Å². The molecule has 2 N–H and O–H groups in total. The van der Waals surface area contributed by atoms with Crippen LogP contribution in [0.4, 0.5) is 4.39 Å². The van der Waals surface area contributed by atoms with E-state index in [9.17, 15) is 4.39 Å². The third kappa shape index (κ3) is 3.37. The first-order chi connectivity index (χ1) is 15.2. The summed E-state index contributed by atoms with van der Waals surface area (Å²) in [5.74, 6) is 2.90. The fourth-order valence-electron chi connectivity index (χ4n) is 6.31. The number of halogens is 1. The average Bonchev–Trinajstić information content (AvgIpc) is 3.52. The number of nitrogens with zero attached hydrogens (tertiary/aromatic N) is 3. The van der Waals surface area contributed by atoms with Crippen LogP contribution in [0.15, 0.2) is 36.5 Å². The highest BCUT2D eigenvalue weighted by Gasteiger charge is 2.40. The molecule has 2 aromatic heterocycles. The molecule has 1 saturated heterocycles. The van der Waals surface area contributed by atoms with Gasteiger partial charge < -0.3 is 0 Å². The van der Waals surface area contributed by atoms with E-state index in [1.807, 2.05) is 22.8 Å². The summed E-state index contributed by atoms with van der Waals surface area (Å²) in [7, 11) is 0. The van der Waals surface area contributed by atoms with Crippen LogP contribution < -0.4 is 10.9 Å². The Bertz CT molecular complexity index is 1090. The van der Waals surface area contributed by atoms with Crippen LogP contribution in [0, 0.1) is 17.7 Å². The number of rotatable bonds is 3. The zero-order chi connectivity index (χ0) is 20.9. The summed E-state index contributed by atoms with van der Waals surface area (Å²) in [5.41, 5.74) is 11.4. The first kappa shape index (κ1) is 19.4. The van der Waals surface area contributed by atoms with Crippen molar-refractivity contribution in [1.82, 2.24) is 25.4 Å². The smallest absolute Gasteiger partial charge is 0.159 e. The van der Waals surface area contributed by atoms with Gasteiger partial charge in [0.1, 0.15) is 5.82 Å². The van der Waals surface area contributed by atoms with Crippen molar-refractivity contribution in [2.75, 3.05) is 6.54 Å². The highest BCUT2D eigenvalue weighted by Crippen LogP contribution is 2.45. The molecule has 31 heavy (non-hydrogen) atoms. The molecule has 3 aromatic rings. The van der Waals surface area contributed by atoms with Gasteiger partial charge in [0, 0.05) is 30.3 Å². The molecule has 1 aliphatic heterocycles. The van der Waals surface area contributed by atoms with E-state index in [0.29, 0.717) is 29.7 Å². The van der Waals surface area contributed by atoms with Gasteiger partial charge in [0.2, 0.25) is 0 Å². The maximum absolute atomic E-state index is 13.6. The summed E-state index contributed by atoms with van der Waals surface area (Å²) in [6.07, 6.45) is 9.23. The molecule has 0 radical (unpaired) electrons. The van der Waals surface area contributed by atoms with Gasteiger partial charge in [0.25, 0.3) is 0 Å². The lowest BCUT2D eigenvalue weighted by Crippen LogP contribution is -2.41. The van der Waals surface area contributed by atoms with Crippen LogP contribution in [0.5, 0.6) is 0 Å².